The first-order valence-corrected chi connectivity index (χ1v) is 9.60. The lowest BCUT2D eigenvalue weighted by atomic mass is 10.1. The maximum absolute atomic E-state index is 12.1. The van der Waals surface area contributed by atoms with Gasteiger partial charge in [-0.3, -0.25) is 4.79 Å². The molecule has 134 valence electrons. The largest absolute Gasteiger partial charge is 0.381 e. The normalized spacial score (nSPS) is 11.3. The van der Waals surface area contributed by atoms with Crippen molar-refractivity contribution in [2.45, 2.75) is 11.4 Å². The summed E-state index contributed by atoms with van der Waals surface area (Å²) in [6.45, 7) is 0.283. The van der Waals surface area contributed by atoms with E-state index in [9.17, 15) is 13.2 Å². The van der Waals surface area contributed by atoms with Gasteiger partial charge in [-0.15, -0.1) is 0 Å². The third kappa shape index (κ3) is 4.32. The number of pyridine rings is 1. The maximum Gasteiger partial charge on any atom is 0.252 e. The second-order valence-corrected chi connectivity index (χ2v) is 7.67. The number of aromatic nitrogens is 1. The van der Waals surface area contributed by atoms with Gasteiger partial charge in [0.05, 0.1) is 4.90 Å². The highest BCUT2D eigenvalue weighted by Gasteiger charge is 2.08. The Labute approximate surface area is 155 Å². The third-order valence-corrected chi connectivity index (χ3v) is 5.00. The summed E-state index contributed by atoms with van der Waals surface area (Å²) in [4.78, 5) is 14.8. The molecule has 2 aromatic carbocycles. The van der Waals surface area contributed by atoms with Gasteiger partial charge in [-0.1, -0.05) is 23.7 Å². The van der Waals surface area contributed by atoms with Crippen molar-refractivity contribution < 1.29 is 8.42 Å². The highest BCUT2D eigenvalue weighted by Crippen LogP contribution is 2.21. The molecule has 0 aliphatic rings. The van der Waals surface area contributed by atoms with E-state index in [1.54, 1.807) is 36.5 Å². The van der Waals surface area contributed by atoms with E-state index in [2.05, 4.69) is 10.3 Å². The molecule has 0 saturated carbocycles. The van der Waals surface area contributed by atoms with E-state index in [0.717, 1.165) is 11.1 Å². The molecule has 4 N–H and O–H groups in total. The number of primary sulfonamides is 1. The summed E-state index contributed by atoms with van der Waals surface area (Å²) in [5, 5.41) is 8.80. The maximum atomic E-state index is 12.1. The first kappa shape index (κ1) is 18.2. The van der Waals surface area contributed by atoms with E-state index in [4.69, 9.17) is 16.7 Å². The molecular formula is C18H16ClN3O3S. The van der Waals surface area contributed by atoms with E-state index < -0.39 is 10.0 Å². The number of nitrogens with two attached hydrogens (primary N) is 1. The van der Waals surface area contributed by atoms with E-state index in [1.807, 2.05) is 12.1 Å². The predicted molar refractivity (Wildman–Crippen MR) is 103 cm³/mol. The quantitative estimate of drug-likeness (QED) is 0.623. The molecule has 3 rings (SSSR count). The standard InChI is InChI=1S/C18H16ClN3O3S/c19-15-3-1-12(2-4-15)13-9-14(18(23)22-10-13)11-21-16-5-7-17(8-6-16)26(20,24)25/h1-10,21H,11H2,(H,22,23)(H2,20,24,25). The van der Waals surface area contributed by atoms with Gasteiger partial charge in [0.1, 0.15) is 0 Å². The number of hydrogen-bond acceptors (Lipinski definition) is 4. The second kappa shape index (κ2) is 7.33. The van der Waals surface area contributed by atoms with Crippen molar-refractivity contribution in [1.82, 2.24) is 4.98 Å². The summed E-state index contributed by atoms with van der Waals surface area (Å²) in [6, 6.07) is 15.1. The summed E-state index contributed by atoms with van der Waals surface area (Å²) in [7, 11) is -3.72. The fourth-order valence-corrected chi connectivity index (χ4v) is 3.07. The number of benzene rings is 2. The summed E-state index contributed by atoms with van der Waals surface area (Å²) < 4.78 is 22.5. The van der Waals surface area contributed by atoms with Crippen LogP contribution in [0.25, 0.3) is 11.1 Å². The van der Waals surface area contributed by atoms with E-state index in [0.29, 0.717) is 16.3 Å². The molecule has 0 atom stereocenters. The third-order valence-electron chi connectivity index (χ3n) is 3.82. The van der Waals surface area contributed by atoms with Crippen LogP contribution in [0.1, 0.15) is 5.56 Å². The number of rotatable bonds is 5. The molecule has 0 spiro atoms. The molecule has 0 bridgehead atoms. The second-order valence-electron chi connectivity index (χ2n) is 5.67. The molecule has 3 aromatic rings. The fourth-order valence-electron chi connectivity index (χ4n) is 2.43. The molecule has 0 fully saturated rings. The van der Waals surface area contributed by atoms with Crippen LogP contribution in [0, 0.1) is 0 Å². The van der Waals surface area contributed by atoms with Gasteiger partial charge in [-0.2, -0.15) is 0 Å². The highest BCUT2D eigenvalue weighted by molar-refractivity contribution is 7.89. The molecular weight excluding hydrogens is 374 g/mol. The van der Waals surface area contributed by atoms with Gasteiger partial charge in [-0.25, -0.2) is 13.6 Å². The topological polar surface area (TPSA) is 105 Å². The van der Waals surface area contributed by atoms with Crippen LogP contribution in [-0.4, -0.2) is 13.4 Å². The number of anilines is 1. The molecule has 0 aliphatic heterocycles. The van der Waals surface area contributed by atoms with Crippen molar-refractivity contribution in [3.05, 3.63) is 81.7 Å². The van der Waals surface area contributed by atoms with Crippen molar-refractivity contribution in [2.75, 3.05) is 5.32 Å². The lowest BCUT2D eigenvalue weighted by Crippen LogP contribution is -2.15. The van der Waals surface area contributed by atoms with Gasteiger partial charge < -0.3 is 10.3 Å². The first-order valence-electron chi connectivity index (χ1n) is 7.67. The van der Waals surface area contributed by atoms with Gasteiger partial charge in [0, 0.05) is 29.0 Å². The Morgan fingerprint density at radius 2 is 1.65 bits per heavy atom. The van der Waals surface area contributed by atoms with Gasteiger partial charge in [0.15, 0.2) is 0 Å². The van der Waals surface area contributed by atoms with E-state index in [-0.39, 0.29) is 17.0 Å². The summed E-state index contributed by atoms with van der Waals surface area (Å²) in [6.07, 6.45) is 1.65. The Hall–Kier alpha value is -2.61. The number of sulfonamides is 1. The van der Waals surface area contributed by atoms with Crippen LogP contribution in [0.2, 0.25) is 5.02 Å². The number of H-pyrrole nitrogens is 1. The van der Waals surface area contributed by atoms with Crippen molar-refractivity contribution in [3.8, 4) is 11.1 Å². The molecule has 6 nitrogen and oxygen atoms in total. The summed E-state index contributed by atoms with van der Waals surface area (Å²) >= 11 is 5.90. The minimum absolute atomic E-state index is 0.0330. The number of halogens is 1. The van der Waals surface area contributed by atoms with Crippen LogP contribution in [-0.2, 0) is 16.6 Å². The van der Waals surface area contributed by atoms with Crippen molar-refractivity contribution in [1.29, 1.82) is 0 Å². The molecule has 26 heavy (non-hydrogen) atoms. The molecule has 1 aromatic heterocycles. The monoisotopic (exact) mass is 389 g/mol. The van der Waals surface area contributed by atoms with Gasteiger partial charge >= 0.3 is 0 Å². The van der Waals surface area contributed by atoms with Crippen LogP contribution >= 0.6 is 11.6 Å². The van der Waals surface area contributed by atoms with Crippen molar-refractivity contribution in [2.24, 2.45) is 5.14 Å². The Morgan fingerprint density at radius 3 is 2.27 bits per heavy atom. The minimum atomic E-state index is -3.72. The Bertz CT molecular complexity index is 1080. The Morgan fingerprint density at radius 1 is 1.00 bits per heavy atom. The lowest BCUT2D eigenvalue weighted by Gasteiger charge is -2.08. The summed E-state index contributed by atoms with van der Waals surface area (Å²) in [5.74, 6) is 0. The minimum Gasteiger partial charge on any atom is -0.381 e. The smallest absolute Gasteiger partial charge is 0.252 e. The molecule has 0 aliphatic carbocycles. The average Bonchev–Trinajstić information content (AvgIpc) is 2.61. The SMILES string of the molecule is NS(=O)(=O)c1ccc(NCc2cc(-c3ccc(Cl)cc3)c[nH]c2=O)cc1. The molecule has 0 saturated heterocycles. The number of hydrogen-bond donors (Lipinski definition) is 3. The zero-order valence-corrected chi connectivity index (χ0v) is 15.1. The van der Waals surface area contributed by atoms with E-state index >= 15 is 0 Å². The highest BCUT2D eigenvalue weighted by atomic mass is 35.5. The number of nitrogens with one attached hydrogen (secondary N) is 2. The predicted octanol–water partition coefficient (Wildman–Crippen LogP) is 2.95. The van der Waals surface area contributed by atoms with Crippen molar-refractivity contribution >= 4 is 27.3 Å². The van der Waals surface area contributed by atoms with Gasteiger partial charge in [0.2, 0.25) is 10.0 Å². The van der Waals surface area contributed by atoms with Crippen LogP contribution in [0.5, 0.6) is 0 Å². The van der Waals surface area contributed by atoms with Gasteiger partial charge in [-0.05, 0) is 53.6 Å². The Kier molecular flexibility index (Phi) is 5.13. The zero-order valence-electron chi connectivity index (χ0n) is 13.6. The zero-order chi connectivity index (χ0) is 18.7. The molecule has 8 heteroatoms. The van der Waals surface area contributed by atoms with Crippen LogP contribution in [0.4, 0.5) is 5.69 Å². The van der Waals surface area contributed by atoms with Crippen LogP contribution < -0.4 is 16.0 Å². The average molecular weight is 390 g/mol. The first-order chi connectivity index (χ1) is 12.3. The van der Waals surface area contributed by atoms with Crippen LogP contribution in [0.15, 0.2) is 70.5 Å². The molecule has 1 heterocycles. The van der Waals surface area contributed by atoms with Crippen molar-refractivity contribution in [3.63, 3.8) is 0 Å². The van der Waals surface area contributed by atoms with E-state index in [1.165, 1.54) is 12.1 Å². The fraction of sp³-hybridized carbons (Fsp3) is 0.0556. The molecule has 0 radical (unpaired) electrons. The molecule has 0 unspecified atom stereocenters. The molecule has 0 amide bonds. The summed E-state index contributed by atoms with van der Waals surface area (Å²) in [5.41, 5.74) is 2.82. The van der Waals surface area contributed by atoms with Crippen LogP contribution in [0.3, 0.4) is 0 Å². The Balaban J connectivity index is 1.78. The lowest BCUT2D eigenvalue weighted by molar-refractivity contribution is 0.598. The number of aromatic amines is 1. The van der Waals surface area contributed by atoms with Gasteiger partial charge in [0.25, 0.3) is 5.56 Å².